The van der Waals surface area contributed by atoms with Crippen LogP contribution in [-0.2, 0) is 0 Å². The molecule has 0 spiro atoms. The Bertz CT molecular complexity index is 457. The third-order valence-corrected chi connectivity index (χ3v) is 2.83. The van der Waals surface area contributed by atoms with Gasteiger partial charge in [-0.2, -0.15) is 0 Å². The third-order valence-electron chi connectivity index (χ3n) is 2.49. The highest BCUT2D eigenvalue weighted by Gasteiger charge is 2.30. The molecule has 2 N–H and O–H groups in total. The quantitative estimate of drug-likeness (QED) is 0.622. The molecular formula is C9H8N4S. The summed E-state index contributed by atoms with van der Waals surface area (Å²) in [5, 5.41) is 2.98. The molecule has 5 heteroatoms. The molecule has 0 radical (unpaired) electrons. The molecule has 1 aliphatic carbocycles. The van der Waals surface area contributed by atoms with E-state index >= 15 is 0 Å². The maximum atomic E-state index is 5.28. The van der Waals surface area contributed by atoms with Crippen molar-refractivity contribution in [2.75, 3.05) is 0 Å². The Labute approximate surface area is 86.2 Å². The molecule has 70 valence electrons. The first-order chi connectivity index (χ1) is 6.86. The zero-order valence-electron chi connectivity index (χ0n) is 7.32. The number of hydrogen-bond donors (Lipinski definition) is 2. The molecule has 1 aromatic heterocycles. The minimum atomic E-state index is 0.0837. The number of H-pyrrole nitrogens is 1. The largest absolute Gasteiger partial charge is 0.353 e. The summed E-state index contributed by atoms with van der Waals surface area (Å²) in [4.78, 5) is 12.6. The second-order valence-corrected chi connectivity index (χ2v) is 3.82. The minimum absolute atomic E-state index is 0.0837. The van der Waals surface area contributed by atoms with Gasteiger partial charge in [0, 0.05) is 17.5 Å². The molecule has 0 amide bonds. The Morgan fingerprint density at radius 3 is 3.36 bits per heavy atom. The van der Waals surface area contributed by atoms with Crippen LogP contribution < -0.4 is 5.32 Å². The summed E-state index contributed by atoms with van der Waals surface area (Å²) in [7, 11) is 0. The molecule has 2 aliphatic rings. The molecule has 0 fully saturated rings. The van der Waals surface area contributed by atoms with Crippen molar-refractivity contribution in [3.63, 3.8) is 0 Å². The summed E-state index contributed by atoms with van der Waals surface area (Å²) in [5.41, 5.74) is 3.13. The Hall–Kier alpha value is -1.49. The molecule has 3 rings (SSSR count). The van der Waals surface area contributed by atoms with E-state index in [4.69, 9.17) is 12.2 Å². The maximum Gasteiger partial charge on any atom is 0.117 e. The van der Waals surface area contributed by atoms with Gasteiger partial charge in [-0.05, 0) is 5.57 Å². The highest BCUT2D eigenvalue weighted by Crippen LogP contribution is 2.35. The summed E-state index contributed by atoms with van der Waals surface area (Å²) < 4.78 is 0. The summed E-state index contributed by atoms with van der Waals surface area (Å²) in [6.07, 6.45) is 6.13. The lowest BCUT2D eigenvalue weighted by Crippen LogP contribution is -2.22. The van der Waals surface area contributed by atoms with Crippen molar-refractivity contribution >= 4 is 23.4 Å². The van der Waals surface area contributed by atoms with Crippen LogP contribution >= 0.6 is 12.2 Å². The van der Waals surface area contributed by atoms with Crippen molar-refractivity contribution in [2.24, 2.45) is 4.99 Å². The van der Waals surface area contributed by atoms with Gasteiger partial charge < -0.3 is 10.3 Å². The van der Waals surface area contributed by atoms with Crippen LogP contribution in [0.3, 0.4) is 0 Å². The Morgan fingerprint density at radius 2 is 2.43 bits per heavy atom. The van der Waals surface area contributed by atoms with Gasteiger partial charge in [0.1, 0.15) is 11.7 Å². The molecule has 14 heavy (non-hydrogen) atoms. The van der Waals surface area contributed by atoms with E-state index in [-0.39, 0.29) is 6.04 Å². The number of rotatable bonds is 0. The van der Waals surface area contributed by atoms with Crippen molar-refractivity contribution in [1.82, 2.24) is 15.3 Å². The van der Waals surface area contributed by atoms with Gasteiger partial charge in [-0.1, -0.05) is 12.2 Å². The maximum absolute atomic E-state index is 5.28. The normalized spacial score (nSPS) is 23.6. The van der Waals surface area contributed by atoms with Crippen LogP contribution in [0.15, 0.2) is 23.1 Å². The van der Waals surface area contributed by atoms with Crippen molar-refractivity contribution in [2.45, 2.75) is 12.5 Å². The molecule has 0 aromatic carbocycles. The van der Waals surface area contributed by atoms with E-state index in [0.717, 1.165) is 22.7 Å². The van der Waals surface area contributed by atoms with Crippen molar-refractivity contribution in [1.29, 1.82) is 0 Å². The summed E-state index contributed by atoms with van der Waals surface area (Å²) in [5.74, 6) is 0. The first-order valence-corrected chi connectivity index (χ1v) is 4.80. The highest BCUT2D eigenvalue weighted by atomic mass is 32.1. The number of aromatic nitrogens is 2. The van der Waals surface area contributed by atoms with Gasteiger partial charge in [-0.15, -0.1) is 0 Å². The van der Waals surface area contributed by atoms with Crippen LogP contribution in [0.1, 0.15) is 23.9 Å². The van der Waals surface area contributed by atoms with Gasteiger partial charge in [0.25, 0.3) is 0 Å². The number of nitrogens with one attached hydrogen (secondary N) is 2. The number of nitrogens with zero attached hydrogens (tertiary/aromatic N) is 2. The average molecular weight is 204 g/mol. The first kappa shape index (κ1) is 7.87. The van der Waals surface area contributed by atoms with E-state index in [1.54, 1.807) is 12.7 Å². The Morgan fingerprint density at radius 1 is 1.50 bits per heavy atom. The number of hydrogen-bond acceptors (Lipinski definition) is 4. The Kier molecular flexibility index (Phi) is 1.55. The van der Waals surface area contributed by atoms with Crippen LogP contribution in [0.2, 0.25) is 0 Å². The number of fused-ring (bicyclic) bond motifs is 3. The van der Waals surface area contributed by atoms with Crippen LogP contribution in [0.5, 0.6) is 0 Å². The minimum Gasteiger partial charge on any atom is -0.353 e. The molecule has 0 saturated heterocycles. The molecule has 1 unspecified atom stereocenters. The van der Waals surface area contributed by atoms with Gasteiger partial charge in [0.15, 0.2) is 0 Å². The molecule has 1 atom stereocenters. The molecule has 1 aliphatic heterocycles. The molecule has 0 bridgehead atoms. The van der Waals surface area contributed by atoms with Gasteiger partial charge >= 0.3 is 0 Å². The lowest BCUT2D eigenvalue weighted by atomic mass is 9.91. The number of aromatic amines is 1. The summed E-state index contributed by atoms with van der Waals surface area (Å²) >= 11 is 5.28. The second kappa shape index (κ2) is 2.75. The lowest BCUT2D eigenvalue weighted by molar-refractivity contribution is 0.765. The fourth-order valence-electron chi connectivity index (χ4n) is 1.85. The monoisotopic (exact) mass is 204 g/mol. The molecule has 4 nitrogen and oxygen atoms in total. The topological polar surface area (TPSA) is 53.1 Å². The van der Waals surface area contributed by atoms with Gasteiger partial charge in [0.05, 0.1) is 18.4 Å². The lowest BCUT2D eigenvalue weighted by Gasteiger charge is -2.24. The van der Waals surface area contributed by atoms with E-state index in [0.29, 0.717) is 0 Å². The van der Waals surface area contributed by atoms with Crippen LogP contribution in [-0.4, -0.2) is 21.2 Å². The zero-order chi connectivity index (χ0) is 9.54. The standard InChI is InChI=1S/C9H8N4S/c14-6-1-5-2-10-3-11-7(5)9-8(6)12-4-13-9/h2-4,7H,1H2,(H,10,11)(H,12,13). The Balaban J connectivity index is 2.18. The fourth-order valence-corrected chi connectivity index (χ4v) is 2.18. The average Bonchev–Trinajstić information content (AvgIpc) is 2.67. The smallest absolute Gasteiger partial charge is 0.117 e. The zero-order valence-corrected chi connectivity index (χ0v) is 8.14. The number of aliphatic imine (C=N–C) groups is 1. The van der Waals surface area contributed by atoms with E-state index < -0.39 is 0 Å². The fraction of sp³-hybridized carbons (Fsp3) is 0.222. The van der Waals surface area contributed by atoms with E-state index in [1.807, 2.05) is 6.20 Å². The predicted octanol–water partition coefficient (Wildman–Crippen LogP) is 1.09. The SMILES string of the molecule is S=C1CC2=CNC=NC2c2[nH]cnc21. The summed E-state index contributed by atoms with van der Waals surface area (Å²) in [6, 6.07) is 0.0837. The van der Waals surface area contributed by atoms with Gasteiger partial charge in [-0.3, -0.25) is 4.99 Å². The van der Waals surface area contributed by atoms with Crippen LogP contribution in [0.4, 0.5) is 0 Å². The second-order valence-electron chi connectivity index (χ2n) is 3.33. The predicted molar refractivity (Wildman–Crippen MR) is 57.4 cm³/mol. The van der Waals surface area contributed by atoms with E-state index in [1.165, 1.54) is 5.57 Å². The highest BCUT2D eigenvalue weighted by molar-refractivity contribution is 7.80. The van der Waals surface area contributed by atoms with Crippen molar-refractivity contribution < 1.29 is 0 Å². The van der Waals surface area contributed by atoms with Gasteiger partial charge in [0.2, 0.25) is 0 Å². The summed E-state index contributed by atoms with van der Waals surface area (Å²) in [6.45, 7) is 0. The molecule has 2 heterocycles. The molecule has 0 saturated carbocycles. The molecular weight excluding hydrogens is 196 g/mol. The van der Waals surface area contributed by atoms with Crippen molar-refractivity contribution in [3.05, 3.63) is 29.5 Å². The van der Waals surface area contributed by atoms with Crippen LogP contribution in [0.25, 0.3) is 0 Å². The van der Waals surface area contributed by atoms with E-state index in [9.17, 15) is 0 Å². The third kappa shape index (κ3) is 0.957. The van der Waals surface area contributed by atoms with Crippen LogP contribution in [0, 0.1) is 0 Å². The number of imidazole rings is 1. The number of thiocarbonyl (C=S) groups is 1. The first-order valence-electron chi connectivity index (χ1n) is 4.39. The molecule has 1 aromatic rings. The van der Waals surface area contributed by atoms with Crippen molar-refractivity contribution in [3.8, 4) is 0 Å². The van der Waals surface area contributed by atoms with Gasteiger partial charge in [-0.25, -0.2) is 4.98 Å². The van der Waals surface area contributed by atoms with E-state index in [2.05, 4.69) is 20.3 Å².